The third-order valence-electron chi connectivity index (χ3n) is 3.88. The van der Waals surface area contributed by atoms with Crippen molar-refractivity contribution in [2.45, 2.75) is 70.8 Å². The molecule has 1 nitrogen and oxygen atoms in total. The van der Waals surface area contributed by atoms with Gasteiger partial charge in [0.2, 0.25) is 0 Å². The van der Waals surface area contributed by atoms with Gasteiger partial charge < -0.3 is 4.74 Å². The molecule has 0 N–H and O–H groups in total. The fourth-order valence-electron chi connectivity index (χ4n) is 2.44. The summed E-state index contributed by atoms with van der Waals surface area (Å²) in [6.45, 7) is 1.89. The summed E-state index contributed by atoms with van der Waals surface area (Å²) in [5.41, 5.74) is -1.28. The third kappa shape index (κ3) is 6.75. The predicted molar refractivity (Wildman–Crippen MR) is 83.4 cm³/mol. The van der Waals surface area contributed by atoms with E-state index in [9.17, 15) is 22.0 Å². The molecule has 0 unspecified atom stereocenters. The minimum absolute atomic E-state index is 0.263. The SMILES string of the molecule is CCCCCCCCCCCOC(F)(F)c1ccc(F)c(F)c1F. The van der Waals surface area contributed by atoms with Crippen molar-refractivity contribution >= 4 is 0 Å². The highest BCUT2D eigenvalue weighted by Crippen LogP contribution is 2.33. The van der Waals surface area contributed by atoms with Crippen LogP contribution >= 0.6 is 0 Å². The minimum Gasteiger partial charge on any atom is -0.316 e. The van der Waals surface area contributed by atoms with Gasteiger partial charge in [-0.3, -0.25) is 0 Å². The second-order valence-electron chi connectivity index (χ2n) is 5.92. The summed E-state index contributed by atoms with van der Waals surface area (Å²) < 4.78 is 71.0. The first kappa shape index (κ1) is 20.9. The maximum absolute atomic E-state index is 13.7. The van der Waals surface area contributed by atoms with E-state index in [4.69, 9.17) is 0 Å². The fraction of sp³-hybridized carbons (Fsp3) is 0.667. The molecular weight excluding hydrogens is 327 g/mol. The number of ether oxygens (including phenoxy) is 1. The van der Waals surface area contributed by atoms with E-state index in [1.807, 2.05) is 0 Å². The number of halogens is 5. The van der Waals surface area contributed by atoms with Gasteiger partial charge in [-0.05, 0) is 18.6 Å². The fourth-order valence-corrected chi connectivity index (χ4v) is 2.44. The van der Waals surface area contributed by atoms with Gasteiger partial charge >= 0.3 is 6.11 Å². The molecule has 0 bridgehead atoms. The Morgan fingerprint density at radius 2 is 1.33 bits per heavy atom. The van der Waals surface area contributed by atoms with Crippen molar-refractivity contribution in [1.29, 1.82) is 0 Å². The molecule has 6 heteroatoms. The van der Waals surface area contributed by atoms with E-state index in [0.717, 1.165) is 25.7 Å². The van der Waals surface area contributed by atoms with Crippen molar-refractivity contribution in [3.63, 3.8) is 0 Å². The summed E-state index contributed by atoms with van der Waals surface area (Å²) in [6, 6.07) is 0.966. The van der Waals surface area contributed by atoms with E-state index in [1.54, 1.807) is 0 Å². The van der Waals surface area contributed by atoms with Gasteiger partial charge in [-0.15, -0.1) is 0 Å². The number of rotatable bonds is 12. The molecule has 24 heavy (non-hydrogen) atoms. The Morgan fingerprint density at radius 1 is 0.792 bits per heavy atom. The van der Waals surface area contributed by atoms with E-state index in [2.05, 4.69) is 11.7 Å². The number of benzene rings is 1. The van der Waals surface area contributed by atoms with Gasteiger partial charge in [0.1, 0.15) is 0 Å². The summed E-state index contributed by atoms with van der Waals surface area (Å²) in [5, 5.41) is 0. The highest BCUT2D eigenvalue weighted by molar-refractivity contribution is 5.23. The molecule has 0 aromatic heterocycles. The second kappa shape index (κ2) is 10.6. The quantitative estimate of drug-likeness (QED) is 0.231. The van der Waals surface area contributed by atoms with Crippen molar-refractivity contribution in [3.8, 4) is 0 Å². The van der Waals surface area contributed by atoms with Crippen LogP contribution in [0.2, 0.25) is 0 Å². The molecule has 0 radical (unpaired) electrons. The summed E-state index contributed by atoms with van der Waals surface area (Å²) in [4.78, 5) is 0. The molecule has 0 saturated heterocycles. The van der Waals surface area contributed by atoms with Gasteiger partial charge in [0, 0.05) is 0 Å². The van der Waals surface area contributed by atoms with Crippen LogP contribution < -0.4 is 0 Å². The summed E-state index contributed by atoms with van der Waals surface area (Å²) >= 11 is 0. The summed E-state index contributed by atoms with van der Waals surface area (Å²) in [5.74, 6) is -5.34. The van der Waals surface area contributed by atoms with E-state index >= 15 is 0 Å². The van der Waals surface area contributed by atoms with Crippen molar-refractivity contribution < 1.29 is 26.7 Å². The van der Waals surface area contributed by atoms with Gasteiger partial charge in [0.25, 0.3) is 0 Å². The molecule has 0 aliphatic carbocycles. The molecule has 1 rings (SSSR count). The van der Waals surface area contributed by atoms with Gasteiger partial charge in [-0.1, -0.05) is 58.3 Å². The Bertz CT molecular complexity index is 491. The Hall–Kier alpha value is -1.17. The monoisotopic (exact) mass is 352 g/mol. The Kier molecular flexibility index (Phi) is 9.26. The van der Waals surface area contributed by atoms with Crippen LogP contribution in [0.1, 0.15) is 70.3 Å². The van der Waals surface area contributed by atoms with E-state index < -0.39 is 29.1 Å². The van der Waals surface area contributed by atoms with Crippen LogP contribution in [0.3, 0.4) is 0 Å². The van der Waals surface area contributed by atoms with Crippen molar-refractivity contribution in [1.82, 2.24) is 0 Å². The maximum Gasteiger partial charge on any atom is 0.386 e. The molecule has 1 aromatic carbocycles. The van der Waals surface area contributed by atoms with Gasteiger partial charge in [-0.2, -0.15) is 8.78 Å². The smallest absolute Gasteiger partial charge is 0.316 e. The summed E-state index contributed by atoms with van der Waals surface area (Å²) in [6.07, 6.45) is 5.16. The van der Waals surface area contributed by atoms with Crippen LogP contribution in [-0.4, -0.2) is 6.61 Å². The van der Waals surface area contributed by atoms with E-state index in [-0.39, 0.29) is 6.61 Å². The lowest BCUT2D eigenvalue weighted by atomic mass is 10.1. The van der Waals surface area contributed by atoms with Crippen LogP contribution in [-0.2, 0) is 10.8 Å². The maximum atomic E-state index is 13.7. The average molecular weight is 352 g/mol. The zero-order chi connectivity index (χ0) is 18.0. The number of unbranched alkanes of at least 4 members (excludes halogenated alkanes) is 8. The molecule has 0 aliphatic heterocycles. The molecule has 0 spiro atoms. The van der Waals surface area contributed by atoms with Gasteiger partial charge in [0.15, 0.2) is 17.5 Å². The molecule has 0 atom stereocenters. The first-order valence-electron chi connectivity index (χ1n) is 8.56. The zero-order valence-electron chi connectivity index (χ0n) is 14.0. The van der Waals surface area contributed by atoms with E-state index in [0.29, 0.717) is 18.6 Å². The molecule has 0 heterocycles. The molecule has 1 aromatic rings. The number of hydrogen-bond acceptors (Lipinski definition) is 1. The highest BCUT2D eigenvalue weighted by Gasteiger charge is 2.37. The number of alkyl halides is 2. The predicted octanol–water partition coefficient (Wildman–Crippen LogP) is 6.70. The van der Waals surface area contributed by atoms with Crippen LogP contribution in [0.15, 0.2) is 12.1 Å². The Balaban J connectivity index is 2.26. The second-order valence-corrected chi connectivity index (χ2v) is 5.92. The molecule has 0 fully saturated rings. The highest BCUT2D eigenvalue weighted by atomic mass is 19.3. The number of hydrogen-bond donors (Lipinski definition) is 0. The van der Waals surface area contributed by atoms with Gasteiger partial charge in [0.05, 0.1) is 12.2 Å². The molecule has 138 valence electrons. The first-order chi connectivity index (χ1) is 11.4. The molecular formula is C18H25F5O. The molecule has 0 saturated carbocycles. The van der Waals surface area contributed by atoms with Crippen molar-refractivity contribution in [2.24, 2.45) is 0 Å². The first-order valence-corrected chi connectivity index (χ1v) is 8.56. The van der Waals surface area contributed by atoms with Crippen molar-refractivity contribution in [2.75, 3.05) is 6.61 Å². The van der Waals surface area contributed by atoms with Crippen LogP contribution in [0.4, 0.5) is 22.0 Å². The van der Waals surface area contributed by atoms with Gasteiger partial charge in [-0.25, -0.2) is 13.2 Å². The van der Waals surface area contributed by atoms with E-state index in [1.165, 1.54) is 25.7 Å². The van der Waals surface area contributed by atoms with Crippen LogP contribution in [0, 0.1) is 17.5 Å². The summed E-state index contributed by atoms with van der Waals surface area (Å²) in [7, 11) is 0. The Morgan fingerprint density at radius 3 is 1.92 bits per heavy atom. The molecule has 0 aliphatic rings. The lowest BCUT2D eigenvalue weighted by molar-refractivity contribution is -0.250. The van der Waals surface area contributed by atoms with Crippen LogP contribution in [0.25, 0.3) is 0 Å². The normalized spacial score (nSPS) is 11.9. The lowest BCUT2D eigenvalue weighted by Crippen LogP contribution is -2.21. The topological polar surface area (TPSA) is 9.23 Å². The standard InChI is InChI=1S/C18H25F5O/c1-2-3-4-5-6-7-8-9-10-13-24-18(22,23)14-11-12-15(19)17(21)16(14)20/h11-12H,2-10,13H2,1H3. The lowest BCUT2D eigenvalue weighted by Gasteiger charge is -2.18. The molecule has 0 amide bonds. The zero-order valence-corrected chi connectivity index (χ0v) is 14.0. The van der Waals surface area contributed by atoms with Crippen LogP contribution in [0.5, 0.6) is 0 Å². The largest absolute Gasteiger partial charge is 0.386 e. The average Bonchev–Trinajstić information content (AvgIpc) is 2.54. The third-order valence-corrected chi connectivity index (χ3v) is 3.88. The minimum atomic E-state index is -3.97. The van der Waals surface area contributed by atoms with Crippen molar-refractivity contribution in [3.05, 3.63) is 35.1 Å². The Labute approximate surface area is 140 Å².